The van der Waals surface area contributed by atoms with E-state index in [-0.39, 0.29) is 12.3 Å². The van der Waals surface area contributed by atoms with Crippen LogP contribution in [0.15, 0.2) is 47.6 Å². The molecule has 0 saturated carbocycles. The molecular formula is C15H20N2O3. The smallest absolute Gasteiger partial charge is 0.303 e. The van der Waals surface area contributed by atoms with Gasteiger partial charge in [0.05, 0.1) is 0 Å². The van der Waals surface area contributed by atoms with Crippen LogP contribution in [0.4, 0.5) is 0 Å². The van der Waals surface area contributed by atoms with Crippen LogP contribution in [0, 0.1) is 0 Å². The molecular weight excluding hydrogens is 256 g/mol. The van der Waals surface area contributed by atoms with Crippen LogP contribution in [0.1, 0.15) is 19.3 Å². The zero-order valence-corrected chi connectivity index (χ0v) is 11.3. The number of nitrogens with one attached hydrogen (secondary N) is 1. The molecule has 1 aliphatic carbocycles. The van der Waals surface area contributed by atoms with Crippen LogP contribution in [0.2, 0.25) is 0 Å². The highest BCUT2D eigenvalue weighted by Gasteiger charge is 2.11. The number of carboxylic acid groups (broad SMARTS) is 1. The van der Waals surface area contributed by atoms with Crippen molar-refractivity contribution in [3.63, 3.8) is 0 Å². The van der Waals surface area contributed by atoms with Crippen LogP contribution in [0.3, 0.4) is 0 Å². The summed E-state index contributed by atoms with van der Waals surface area (Å²) in [7, 11) is 0. The van der Waals surface area contributed by atoms with Gasteiger partial charge in [0.25, 0.3) is 5.91 Å². The van der Waals surface area contributed by atoms with Crippen LogP contribution in [0.25, 0.3) is 0 Å². The van der Waals surface area contributed by atoms with E-state index in [0.29, 0.717) is 31.5 Å². The molecule has 20 heavy (non-hydrogen) atoms. The van der Waals surface area contributed by atoms with Crippen molar-refractivity contribution < 1.29 is 14.7 Å². The van der Waals surface area contributed by atoms with E-state index in [9.17, 15) is 9.59 Å². The van der Waals surface area contributed by atoms with Crippen LogP contribution < -0.4 is 11.1 Å². The van der Waals surface area contributed by atoms with Gasteiger partial charge in [0.15, 0.2) is 0 Å². The first kappa shape index (κ1) is 15.9. The fourth-order valence-electron chi connectivity index (χ4n) is 1.78. The molecule has 0 heterocycles. The lowest BCUT2D eigenvalue weighted by Crippen LogP contribution is -2.27. The zero-order valence-electron chi connectivity index (χ0n) is 11.3. The van der Waals surface area contributed by atoms with Crippen LogP contribution >= 0.6 is 0 Å². The number of rotatable bonds is 7. The van der Waals surface area contributed by atoms with Crippen molar-refractivity contribution in [3.8, 4) is 0 Å². The third-order valence-corrected chi connectivity index (χ3v) is 2.75. The molecule has 0 aromatic rings. The first-order chi connectivity index (χ1) is 9.65. The SMILES string of the molecule is NCCC1=C(C(=O)NCCCC(=O)O)/C=C\C=C/C=C1. The molecule has 0 aromatic heterocycles. The molecule has 0 aromatic carbocycles. The van der Waals surface area contributed by atoms with Crippen molar-refractivity contribution >= 4 is 11.9 Å². The summed E-state index contributed by atoms with van der Waals surface area (Å²) in [5.41, 5.74) is 7.01. The molecule has 0 unspecified atom stereocenters. The van der Waals surface area contributed by atoms with Gasteiger partial charge >= 0.3 is 5.97 Å². The maximum atomic E-state index is 12.1. The third-order valence-electron chi connectivity index (χ3n) is 2.75. The first-order valence-corrected chi connectivity index (χ1v) is 6.59. The van der Waals surface area contributed by atoms with E-state index in [1.165, 1.54) is 0 Å². The number of allylic oxidation sites excluding steroid dienone is 5. The molecule has 5 nitrogen and oxygen atoms in total. The lowest BCUT2D eigenvalue weighted by molar-refractivity contribution is -0.137. The number of hydrogen-bond acceptors (Lipinski definition) is 3. The average molecular weight is 276 g/mol. The Morgan fingerprint density at radius 3 is 2.50 bits per heavy atom. The summed E-state index contributed by atoms with van der Waals surface area (Å²) in [6.07, 6.45) is 12.1. The fraction of sp³-hybridized carbons (Fsp3) is 0.333. The summed E-state index contributed by atoms with van der Waals surface area (Å²) in [4.78, 5) is 22.5. The number of carboxylic acids is 1. The fourth-order valence-corrected chi connectivity index (χ4v) is 1.78. The van der Waals surface area contributed by atoms with E-state index in [1.54, 1.807) is 12.2 Å². The summed E-state index contributed by atoms with van der Waals surface area (Å²) >= 11 is 0. The van der Waals surface area contributed by atoms with Gasteiger partial charge in [-0.3, -0.25) is 9.59 Å². The highest BCUT2D eigenvalue weighted by Crippen LogP contribution is 2.14. The van der Waals surface area contributed by atoms with Crippen molar-refractivity contribution in [3.05, 3.63) is 47.6 Å². The maximum Gasteiger partial charge on any atom is 0.303 e. The quantitative estimate of drug-likeness (QED) is 0.611. The zero-order chi connectivity index (χ0) is 14.8. The summed E-state index contributed by atoms with van der Waals surface area (Å²) in [5.74, 6) is -1.06. The van der Waals surface area contributed by atoms with Gasteiger partial charge in [0, 0.05) is 18.5 Å². The normalized spacial score (nSPS) is 17.2. The van der Waals surface area contributed by atoms with Gasteiger partial charge < -0.3 is 16.2 Å². The number of nitrogens with two attached hydrogens (primary N) is 1. The molecule has 5 heteroatoms. The van der Waals surface area contributed by atoms with Gasteiger partial charge in [-0.2, -0.15) is 0 Å². The molecule has 108 valence electrons. The van der Waals surface area contributed by atoms with Crippen LogP contribution in [-0.2, 0) is 9.59 Å². The molecule has 1 amide bonds. The van der Waals surface area contributed by atoms with Gasteiger partial charge in [-0.25, -0.2) is 0 Å². The minimum atomic E-state index is -0.860. The Morgan fingerprint density at radius 2 is 1.85 bits per heavy atom. The summed E-state index contributed by atoms with van der Waals surface area (Å²) in [5, 5.41) is 11.3. The predicted molar refractivity (Wildman–Crippen MR) is 78.0 cm³/mol. The second kappa shape index (κ2) is 8.87. The standard InChI is InChI=1S/C15H20N2O3/c16-10-9-12-6-3-1-2-4-7-13(12)15(20)17-11-5-8-14(18)19/h1-4,6-7H,5,8-11,16H2,(H,17,20)(H,18,19)/b2-1-,3-1?,4-2?,6-3?,7-4-,12-6?,13-7?,13-12?. The van der Waals surface area contributed by atoms with Gasteiger partial charge in [-0.05, 0) is 31.0 Å². The number of amides is 1. The molecule has 0 saturated heterocycles. The minimum absolute atomic E-state index is 0.0491. The Hall–Kier alpha value is -2.14. The van der Waals surface area contributed by atoms with Crippen molar-refractivity contribution in [1.29, 1.82) is 0 Å². The summed E-state index contributed by atoms with van der Waals surface area (Å²) in [6, 6.07) is 0. The molecule has 4 N–H and O–H groups in total. The molecule has 1 rings (SSSR count). The van der Waals surface area contributed by atoms with Gasteiger partial charge in [0.2, 0.25) is 0 Å². The topological polar surface area (TPSA) is 92.4 Å². The van der Waals surface area contributed by atoms with E-state index in [1.807, 2.05) is 24.3 Å². The number of carbonyl (C=O) groups excluding carboxylic acids is 1. The number of aliphatic carboxylic acids is 1. The Balaban J connectivity index is 2.69. The van der Waals surface area contributed by atoms with E-state index in [4.69, 9.17) is 10.8 Å². The molecule has 0 bridgehead atoms. The molecule has 0 spiro atoms. The summed E-state index contributed by atoms with van der Waals surface area (Å²) in [6.45, 7) is 0.810. The van der Waals surface area contributed by atoms with Gasteiger partial charge in [-0.1, -0.05) is 30.4 Å². The largest absolute Gasteiger partial charge is 0.481 e. The van der Waals surface area contributed by atoms with E-state index >= 15 is 0 Å². The average Bonchev–Trinajstić information content (AvgIpc) is 2.38. The van der Waals surface area contributed by atoms with Crippen molar-refractivity contribution in [2.24, 2.45) is 5.73 Å². The highest BCUT2D eigenvalue weighted by atomic mass is 16.4. The molecule has 0 atom stereocenters. The summed E-state index contributed by atoms with van der Waals surface area (Å²) < 4.78 is 0. The number of hydrogen-bond donors (Lipinski definition) is 3. The van der Waals surface area contributed by atoms with Crippen molar-refractivity contribution in [2.45, 2.75) is 19.3 Å². The van der Waals surface area contributed by atoms with Crippen molar-refractivity contribution in [1.82, 2.24) is 5.32 Å². The van der Waals surface area contributed by atoms with Gasteiger partial charge in [0.1, 0.15) is 0 Å². The van der Waals surface area contributed by atoms with Crippen LogP contribution in [-0.4, -0.2) is 30.1 Å². The number of carbonyl (C=O) groups is 2. The molecule has 1 aliphatic rings. The monoisotopic (exact) mass is 276 g/mol. The Bertz CT molecular complexity index is 474. The molecule has 0 fully saturated rings. The Kier molecular flexibility index (Phi) is 7.06. The molecule has 0 radical (unpaired) electrons. The third kappa shape index (κ3) is 5.67. The second-order valence-electron chi connectivity index (χ2n) is 4.33. The van der Waals surface area contributed by atoms with Gasteiger partial charge in [-0.15, -0.1) is 0 Å². The molecule has 0 aliphatic heterocycles. The maximum absolute atomic E-state index is 12.1. The minimum Gasteiger partial charge on any atom is -0.481 e. The Labute approximate surface area is 118 Å². The van der Waals surface area contributed by atoms with E-state index < -0.39 is 5.97 Å². The van der Waals surface area contributed by atoms with Crippen LogP contribution in [0.5, 0.6) is 0 Å². The lowest BCUT2D eigenvalue weighted by atomic mass is 10.0. The second-order valence-corrected chi connectivity index (χ2v) is 4.33. The van der Waals surface area contributed by atoms with Crippen molar-refractivity contribution in [2.75, 3.05) is 13.1 Å². The Morgan fingerprint density at radius 1 is 1.15 bits per heavy atom. The first-order valence-electron chi connectivity index (χ1n) is 6.59. The van der Waals surface area contributed by atoms with E-state index in [2.05, 4.69) is 5.32 Å². The van der Waals surface area contributed by atoms with E-state index in [0.717, 1.165) is 5.57 Å². The predicted octanol–water partition coefficient (Wildman–Crippen LogP) is 1.30. The highest BCUT2D eigenvalue weighted by molar-refractivity contribution is 5.97. The lowest BCUT2D eigenvalue weighted by Gasteiger charge is -2.10.